The number of hydrogen-bond acceptors (Lipinski definition) is 3. The number of nitrogens with two attached hydrogens (primary N) is 1. The molecule has 2 unspecified atom stereocenters. The molecule has 16 heavy (non-hydrogen) atoms. The lowest BCUT2D eigenvalue weighted by molar-refractivity contribution is 0.271. The number of nitrogens with zero attached hydrogens (tertiary/aromatic N) is 2. The maximum atomic E-state index is 8.70. The second kappa shape index (κ2) is 5.04. The number of oxime groups is 1. The number of amidine groups is 1. The van der Waals surface area contributed by atoms with Crippen LogP contribution in [0.5, 0.6) is 0 Å². The minimum atomic E-state index is -0.218. The summed E-state index contributed by atoms with van der Waals surface area (Å²) in [6, 6.07) is 0. The van der Waals surface area contributed by atoms with Crippen LogP contribution in [0.2, 0.25) is 0 Å². The highest BCUT2D eigenvalue weighted by atomic mass is 16.4. The Bertz CT molecular complexity index is 253. The SMILES string of the molecule is CC1CN(CCC(C)(C)C(N)=NO)CC1C. The van der Waals surface area contributed by atoms with Gasteiger partial charge in [-0.3, -0.25) is 0 Å². The van der Waals surface area contributed by atoms with E-state index in [0.29, 0.717) is 5.84 Å². The Balaban J connectivity index is 2.41. The molecule has 2 atom stereocenters. The molecule has 4 heteroatoms. The molecular weight excluding hydrogens is 202 g/mol. The van der Waals surface area contributed by atoms with Gasteiger partial charge < -0.3 is 15.8 Å². The molecule has 0 aromatic rings. The summed E-state index contributed by atoms with van der Waals surface area (Å²) in [5, 5.41) is 11.8. The highest BCUT2D eigenvalue weighted by molar-refractivity contribution is 5.85. The summed E-state index contributed by atoms with van der Waals surface area (Å²) in [4.78, 5) is 2.47. The highest BCUT2D eigenvalue weighted by Crippen LogP contribution is 2.26. The first-order valence-corrected chi connectivity index (χ1v) is 6.07. The topological polar surface area (TPSA) is 61.8 Å². The molecule has 0 amide bonds. The second-order valence-electron chi connectivity index (χ2n) is 5.83. The summed E-state index contributed by atoms with van der Waals surface area (Å²) in [5.41, 5.74) is 5.45. The molecule has 0 saturated carbocycles. The molecule has 1 heterocycles. The van der Waals surface area contributed by atoms with Gasteiger partial charge in [-0.2, -0.15) is 0 Å². The smallest absolute Gasteiger partial charge is 0.144 e. The lowest BCUT2D eigenvalue weighted by Crippen LogP contribution is -2.35. The predicted molar refractivity (Wildman–Crippen MR) is 66.6 cm³/mol. The Kier molecular flexibility index (Phi) is 4.19. The van der Waals surface area contributed by atoms with Gasteiger partial charge in [-0.1, -0.05) is 32.9 Å². The zero-order valence-electron chi connectivity index (χ0n) is 10.9. The van der Waals surface area contributed by atoms with Gasteiger partial charge in [0.2, 0.25) is 0 Å². The molecule has 0 aliphatic carbocycles. The molecule has 1 saturated heterocycles. The van der Waals surface area contributed by atoms with Crippen LogP contribution in [-0.2, 0) is 0 Å². The van der Waals surface area contributed by atoms with Crippen LogP contribution in [0.1, 0.15) is 34.1 Å². The number of likely N-dealkylation sites (tertiary alicyclic amines) is 1. The Morgan fingerprint density at radius 3 is 2.31 bits per heavy atom. The van der Waals surface area contributed by atoms with Crippen molar-refractivity contribution in [3.05, 3.63) is 0 Å². The van der Waals surface area contributed by atoms with Crippen LogP contribution in [0, 0.1) is 17.3 Å². The van der Waals surface area contributed by atoms with E-state index in [2.05, 4.69) is 23.9 Å². The fourth-order valence-corrected chi connectivity index (χ4v) is 2.13. The van der Waals surface area contributed by atoms with Crippen LogP contribution in [-0.4, -0.2) is 35.6 Å². The third-order valence-electron chi connectivity index (χ3n) is 3.92. The monoisotopic (exact) mass is 227 g/mol. The van der Waals surface area contributed by atoms with Gasteiger partial charge in [-0.25, -0.2) is 0 Å². The highest BCUT2D eigenvalue weighted by Gasteiger charge is 2.29. The van der Waals surface area contributed by atoms with E-state index in [4.69, 9.17) is 10.9 Å². The van der Waals surface area contributed by atoms with Crippen molar-refractivity contribution in [2.75, 3.05) is 19.6 Å². The normalized spacial score (nSPS) is 28.6. The molecule has 3 N–H and O–H groups in total. The lowest BCUT2D eigenvalue weighted by atomic mass is 9.88. The lowest BCUT2D eigenvalue weighted by Gasteiger charge is -2.26. The molecular formula is C12H25N3O. The fraction of sp³-hybridized carbons (Fsp3) is 0.917. The van der Waals surface area contributed by atoms with Gasteiger partial charge >= 0.3 is 0 Å². The van der Waals surface area contributed by atoms with Crippen molar-refractivity contribution >= 4 is 5.84 Å². The second-order valence-corrected chi connectivity index (χ2v) is 5.83. The molecule has 0 spiro atoms. The van der Waals surface area contributed by atoms with Gasteiger partial charge in [0.15, 0.2) is 0 Å². The summed E-state index contributed by atoms with van der Waals surface area (Å²) < 4.78 is 0. The van der Waals surface area contributed by atoms with Crippen LogP contribution in [0.25, 0.3) is 0 Å². The fourth-order valence-electron chi connectivity index (χ4n) is 2.13. The van der Waals surface area contributed by atoms with Crippen LogP contribution < -0.4 is 5.73 Å². The van der Waals surface area contributed by atoms with E-state index in [1.807, 2.05) is 13.8 Å². The van der Waals surface area contributed by atoms with E-state index in [-0.39, 0.29) is 5.41 Å². The minimum Gasteiger partial charge on any atom is -0.409 e. The minimum absolute atomic E-state index is 0.218. The third-order valence-corrected chi connectivity index (χ3v) is 3.92. The standard InChI is InChI=1S/C12H25N3O/c1-9-7-15(8-10(9)2)6-5-12(3,4)11(13)14-16/h9-10,16H,5-8H2,1-4H3,(H2,13,14). The average Bonchev–Trinajstić information content (AvgIpc) is 2.54. The Hall–Kier alpha value is -0.770. The molecule has 4 nitrogen and oxygen atoms in total. The molecule has 1 aliphatic heterocycles. The number of rotatable bonds is 4. The van der Waals surface area contributed by atoms with Crippen LogP contribution in [0.3, 0.4) is 0 Å². The van der Waals surface area contributed by atoms with Crippen molar-refractivity contribution < 1.29 is 5.21 Å². The number of hydrogen-bond donors (Lipinski definition) is 2. The van der Waals surface area contributed by atoms with Gasteiger partial charge in [0.25, 0.3) is 0 Å². The van der Waals surface area contributed by atoms with Crippen molar-refractivity contribution in [3.63, 3.8) is 0 Å². The van der Waals surface area contributed by atoms with Gasteiger partial charge in [0, 0.05) is 18.5 Å². The molecule has 1 fully saturated rings. The van der Waals surface area contributed by atoms with Crippen molar-refractivity contribution in [2.45, 2.75) is 34.1 Å². The zero-order chi connectivity index (χ0) is 12.3. The van der Waals surface area contributed by atoms with E-state index in [9.17, 15) is 0 Å². The summed E-state index contributed by atoms with van der Waals surface area (Å²) in [7, 11) is 0. The maximum Gasteiger partial charge on any atom is 0.144 e. The van der Waals surface area contributed by atoms with Gasteiger partial charge in [-0.15, -0.1) is 0 Å². The van der Waals surface area contributed by atoms with Crippen molar-refractivity contribution in [1.82, 2.24) is 4.90 Å². The largest absolute Gasteiger partial charge is 0.409 e. The molecule has 0 aromatic heterocycles. The summed E-state index contributed by atoms with van der Waals surface area (Å²) in [6.45, 7) is 12.0. The maximum absolute atomic E-state index is 8.70. The summed E-state index contributed by atoms with van der Waals surface area (Å²) in [5.74, 6) is 1.90. The van der Waals surface area contributed by atoms with E-state index in [0.717, 1.165) is 24.8 Å². The molecule has 94 valence electrons. The van der Waals surface area contributed by atoms with E-state index in [1.54, 1.807) is 0 Å². The van der Waals surface area contributed by atoms with E-state index < -0.39 is 0 Å². The Morgan fingerprint density at radius 1 is 1.38 bits per heavy atom. The van der Waals surface area contributed by atoms with Crippen molar-refractivity contribution in [3.8, 4) is 0 Å². The molecule has 0 bridgehead atoms. The zero-order valence-corrected chi connectivity index (χ0v) is 10.9. The predicted octanol–water partition coefficient (Wildman–Crippen LogP) is 1.74. The van der Waals surface area contributed by atoms with Gasteiger partial charge in [0.1, 0.15) is 5.84 Å². The van der Waals surface area contributed by atoms with E-state index >= 15 is 0 Å². The van der Waals surface area contributed by atoms with Crippen LogP contribution >= 0.6 is 0 Å². The Morgan fingerprint density at radius 2 is 1.88 bits per heavy atom. The summed E-state index contributed by atoms with van der Waals surface area (Å²) >= 11 is 0. The van der Waals surface area contributed by atoms with Crippen molar-refractivity contribution in [2.24, 2.45) is 28.1 Å². The average molecular weight is 227 g/mol. The molecule has 0 radical (unpaired) electrons. The molecule has 1 rings (SSSR count). The van der Waals surface area contributed by atoms with E-state index in [1.165, 1.54) is 13.1 Å². The van der Waals surface area contributed by atoms with Crippen LogP contribution in [0.15, 0.2) is 5.16 Å². The quantitative estimate of drug-likeness (QED) is 0.333. The van der Waals surface area contributed by atoms with Crippen LogP contribution in [0.4, 0.5) is 0 Å². The first kappa shape index (κ1) is 13.3. The van der Waals surface area contributed by atoms with Gasteiger partial charge in [-0.05, 0) is 24.8 Å². The first-order valence-electron chi connectivity index (χ1n) is 6.07. The molecule has 0 aromatic carbocycles. The first-order chi connectivity index (χ1) is 7.36. The van der Waals surface area contributed by atoms with Gasteiger partial charge in [0.05, 0.1) is 0 Å². The van der Waals surface area contributed by atoms with Crippen molar-refractivity contribution in [1.29, 1.82) is 0 Å². The summed E-state index contributed by atoms with van der Waals surface area (Å²) in [6.07, 6.45) is 0.933. The molecule has 1 aliphatic rings. The Labute approximate surface area is 98.5 Å². The third kappa shape index (κ3) is 3.11.